The number of rotatable bonds is 4. The highest BCUT2D eigenvalue weighted by molar-refractivity contribution is 5.97. The van der Waals surface area contributed by atoms with E-state index in [1.807, 2.05) is 24.3 Å². The van der Waals surface area contributed by atoms with Crippen LogP contribution in [-0.4, -0.2) is 56.8 Å². The van der Waals surface area contributed by atoms with Crippen LogP contribution < -0.4 is 4.74 Å². The normalized spacial score (nSPS) is 19.1. The van der Waals surface area contributed by atoms with E-state index in [2.05, 4.69) is 9.97 Å². The molecule has 2 aromatic heterocycles. The number of ether oxygens (including phenoxy) is 1. The van der Waals surface area contributed by atoms with Crippen molar-refractivity contribution in [3.63, 3.8) is 0 Å². The quantitative estimate of drug-likeness (QED) is 0.276. The third-order valence-electron chi connectivity index (χ3n) is 8.15. The Labute approximate surface area is 247 Å². The Morgan fingerprint density at radius 2 is 1.66 bits per heavy atom. The molecule has 4 heterocycles. The van der Waals surface area contributed by atoms with E-state index in [9.17, 15) is 35.9 Å². The fourth-order valence-electron chi connectivity index (χ4n) is 6.07. The molecular weight excluding hydrogens is 590 g/mol. The minimum atomic E-state index is -4.82. The van der Waals surface area contributed by atoms with Crippen molar-refractivity contribution in [3.05, 3.63) is 94.9 Å². The number of hydrogen-bond donors (Lipinski definition) is 1. The first-order valence-corrected chi connectivity index (χ1v) is 13.9. The van der Waals surface area contributed by atoms with Crippen molar-refractivity contribution in [3.8, 4) is 5.75 Å². The lowest BCUT2D eigenvalue weighted by Gasteiger charge is -2.44. The standard InChI is InChI=1S/C31H26F6N4O3/c32-30(33,34)19-6-8-20(9-7-19)44-29(28(43)40-15-11-22-21-4-1-2-5-25(21)39-26(22)17-40)12-3-14-41(18-29)27(42)23-16-38-13-10-24(23)31(35,36)37/h1-2,4-10,13,16,39H,3,11-12,14-15,17-18H2. The number of carbonyl (C=O) groups is 2. The number of amides is 2. The molecular formula is C31H26F6N4O3. The zero-order valence-corrected chi connectivity index (χ0v) is 23.1. The number of H-pyrrole nitrogens is 1. The monoisotopic (exact) mass is 616 g/mol. The molecule has 2 aliphatic heterocycles. The van der Waals surface area contributed by atoms with Gasteiger partial charge in [-0.1, -0.05) is 18.2 Å². The number of nitrogens with zero attached hydrogens (tertiary/aromatic N) is 3. The lowest BCUT2D eigenvalue weighted by molar-refractivity contribution is -0.153. The molecule has 2 amide bonds. The molecule has 4 aromatic rings. The Balaban J connectivity index is 1.34. The lowest BCUT2D eigenvalue weighted by Crippen LogP contribution is -2.62. The van der Waals surface area contributed by atoms with Gasteiger partial charge in [0.2, 0.25) is 5.60 Å². The van der Waals surface area contributed by atoms with E-state index in [4.69, 9.17) is 4.74 Å². The summed E-state index contributed by atoms with van der Waals surface area (Å²) in [4.78, 5) is 37.6. The Kier molecular flexibility index (Phi) is 7.29. The van der Waals surface area contributed by atoms with Gasteiger partial charge in [-0.15, -0.1) is 0 Å². The van der Waals surface area contributed by atoms with Gasteiger partial charge in [0, 0.05) is 42.1 Å². The van der Waals surface area contributed by atoms with Crippen LogP contribution in [0.5, 0.6) is 5.75 Å². The first kappa shape index (κ1) is 29.5. The Hall–Kier alpha value is -4.55. The number of hydrogen-bond acceptors (Lipinski definition) is 4. The van der Waals surface area contributed by atoms with Crippen LogP contribution in [0.15, 0.2) is 67.0 Å². The van der Waals surface area contributed by atoms with Crippen LogP contribution in [-0.2, 0) is 30.1 Å². The average molecular weight is 617 g/mol. The molecule has 44 heavy (non-hydrogen) atoms. The summed E-state index contributed by atoms with van der Waals surface area (Å²) in [5, 5.41) is 1.04. The molecule has 1 unspecified atom stereocenters. The van der Waals surface area contributed by atoms with E-state index >= 15 is 0 Å². The second-order valence-corrected chi connectivity index (χ2v) is 11.0. The summed E-state index contributed by atoms with van der Waals surface area (Å²) in [5.41, 5.74) is -1.70. The zero-order valence-electron chi connectivity index (χ0n) is 23.1. The smallest absolute Gasteiger partial charge is 0.417 e. The van der Waals surface area contributed by atoms with Crippen molar-refractivity contribution in [2.75, 3.05) is 19.6 Å². The molecule has 0 bridgehead atoms. The highest BCUT2D eigenvalue weighted by Crippen LogP contribution is 2.37. The summed E-state index contributed by atoms with van der Waals surface area (Å²) in [5.74, 6) is -1.53. The highest BCUT2D eigenvalue weighted by atomic mass is 19.4. The van der Waals surface area contributed by atoms with Crippen LogP contribution in [0, 0.1) is 0 Å². The fraction of sp³-hybridized carbons (Fsp3) is 0.323. The largest absolute Gasteiger partial charge is 0.476 e. The van der Waals surface area contributed by atoms with Crippen LogP contribution in [0.3, 0.4) is 0 Å². The van der Waals surface area contributed by atoms with Crippen molar-refractivity contribution in [1.29, 1.82) is 0 Å². The number of carbonyl (C=O) groups excluding carboxylic acids is 2. The van der Waals surface area contributed by atoms with Crippen molar-refractivity contribution in [1.82, 2.24) is 19.8 Å². The molecule has 230 valence electrons. The summed E-state index contributed by atoms with van der Waals surface area (Å²) in [7, 11) is 0. The molecule has 1 saturated heterocycles. The van der Waals surface area contributed by atoms with Gasteiger partial charge in [0.25, 0.3) is 11.8 Å². The van der Waals surface area contributed by atoms with Gasteiger partial charge in [-0.3, -0.25) is 14.6 Å². The molecule has 0 spiro atoms. The van der Waals surface area contributed by atoms with Crippen LogP contribution in [0.1, 0.15) is 45.6 Å². The van der Waals surface area contributed by atoms with Crippen molar-refractivity contribution in [2.24, 2.45) is 0 Å². The van der Waals surface area contributed by atoms with E-state index < -0.39 is 53.0 Å². The topological polar surface area (TPSA) is 78.5 Å². The number of benzene rings is 2. The van der Waals surface area contributed by atoms with Gasteiger partial charge in [0.05, 0.1) is 29.8 Å². The number of nitrogens with one attached hydrogen (secondary N) is 1. The van der Waals surface area contributed by atoms with Crippen LogP contribution in [0.25, 0.3) is 10.9 Å². The zero-order chi connectivity index (χ0) is 31.3. The van der Waals surface area contributed by atoms with Gasteiger partial charge in [0.1, 0.15) is 5.75 Å². The van der Waals surface area contributed by atoms with Gasteiger partial charge >= 0.3 is 12.4 Å². The van der Waals surface area contributed by atoms with Crippen LogP contribution in [0.2, 0.25) is 0 Å². The summed E-state index contributed by atoms with van der Waals surface area (Å²) < 4.78 is 87.0. The molecule has 1 atom stereocenters. The maximum Gasteiger partial charge on any atom is 0.417 e. The summed E-state index contributed by atoms with van der Waals surface area (Å²) in [6, 6.07) is 12.2. The van der Waals surface area contributed by atoms with E-state index in [0.29, 0.717) is 19.0 Å². The Bertz CT molecular complexity index is 1720. The van der Waals surface area contributed by atoms with Gasteiger partial charge in [-0.05, 0) is 61.2 Å². The second-order valence-electron chi connectivity index (χ2n) is 11.0. The van der Waals surface area contributed by atoms with Gasteiger partial charge in [0.15, 0.2) is 0 Å². The Morgan fingerprint density at radius 1 is 0.909 bits per heavy atom. The van der Waals surface area contributed by atoms with Crippen molar-refractivity contribution in [2.45, 2.75) is 43.8 Å². The molecule has 0 saturated carbocycles. The summed E-state index contributed by atoms with van der Waals surface area (Å²) in [6.45, 7) is 0.132. The predicted octanol–water partition coefficient (Wildman–Crippen LogP) is 6.24. The lowest BCUT2D eigenvalue weighted by atomic mass is 9.89. The molecule has 0 radical (unpaired) electrons. The molecule has 13 heteroatoms. The van der Waals surface area contributed by atoms with E-state index in [0.717, 1.165) is 63.7 Å². The molecule has 1 N–H and O–H groups in total. The molecule has 1 fully saturated rings. The minimum Gasteiger partial charge on any atom is -0.476 e. The number of halogens is 6. The number of para-hydroxylation sites is 1. The third-order valence-corrected chi connectivity index (χ3v) is 8.15. The van der Waals surface area contributed by atoms with E-state index in [1.165, 1.54) is 0 Å². The number of aromatic nitrogens is 2. The Morgan fingerprint density at radius 3 is 2.39 bits per heavy atom. The number of alkyl halides is 6. The molecule has 0 aliphatic carbocycles. The third kappa shape index (κ3) is 5.46. The number of aromatic amines is 1. The average Bonchev–Trinajstić information content (AvgIpc) is 3.38. The van der Waals surface area contributed by atoms with Gasteiger partial charge in [-0.25, -0.2) is 0 Å². The number of piperidine rings is 1. The van der Waals surface area contributed by atoms with Crippen molar-refractivity contribution >= 4 is 22.7 Å². The highest BCUT2D eigenvalue weighted by Gasteiger charge is 2.49. The minimum absolute atomic E-state index is 0.0404. The van der Waals surface area contributed by atoms with Crippen LogP contribution in [0.4, 0.5) is 26.3 Å². The molecule has 2 aromatic carbocycles. The molecule has 7 nitrogen and oxygen atoms in total. The predicted molar refractivity (Wildman–Crippen MR) is 147 cm³/mol. The SMILES string of the molecule is O=C(c1cnccc1C(F)(F)F)N1CCCC(Oc2ccc(C(F)(F)F)cc2)(C(=O)N2CCc3c([nH]c4ccccc34)C2)C1. The van der Waals surface area contributed by atoms with Crippen molar-refractivity contribution < 1.29 is 40.7 Å². The number of fused-ring (bicyclic) bond motifs is 3. The first-order valence-electron chi connectivity index (χ1n) is 13.9. The van der Waals surface area contributed by atoms with E-state index in [1.54, 1.807) is 4.90 Å². The summed E-state index contributed by atoms with van der Waals surface area (Å²) in [6.07, 6.45) is -6.83. The molecule has 6 rings (SSSR count). The maximum atomic E-state index is 14.3. The number of likely N-dealkylation sites (tertiary alicyclic amines) is 1. The van der Waals surface area contributed by atoms with Crippen LogP contribution >= 0.6 is 0 Å². The fourth-order valence-corrected chi connectivity index (χ4v) is 6.07. The second kappa shape index (κ2) is 10.9. The van der Waals surface area contributed by atoms with Gasteiger partial charge < -0.3 is 19.5 Å². The van der Waals surface area contributed by atoms with Gasteiger partial charge in [-0.2, -0.15) is 26.3 Å². The first-order chi connectivity index (χ1) is 20.9. The molecule has 2 aliphatic rings. The van der Waals surface area contributed by atoms with E-state index in [-0.39, 0.29) is 31.7 Å². The maximum absolute atomic E-state index is 14.3. The number of pyridine rings is 1. The summed E-state index contributed by atoms with van der Waals surface area (Å²) >= 11 is 0.